The van der Waals surface area contributed by atoms with Gasteiger partial charge in [0.2, 0.25) is 0 Å². The highest BCUT2D eigenvalue weighted by molar-refractivity contribution is 5.77. The maximum Gasteiger partial charge on any atom is 0.250 e. The highest BCUT2D eigenvalue weighted by atomic mass is 16.7. The lowest BCUT2D eigenvalue weighted by molar-refractivity contribution is -0.173. The molecule has 1 N–H and O–H groups in total. The molecule has 0 aliphatic rings. The van der Waals surface area contributed by atoms with Crippen LogP contribution in [0.5, 0.6) is 0 Å². The molecule has 1 amide bonds. The monoisotopic (exact) mass is 147 g/mol. The van der Waals surface area contributed by atoms with Crippen LogP contribution in [-0.4, -0.2) is 36.8 Å². The molecule has 0 aliphatic carbocycles. The lowest BCUT2D eigenvalue weighted by Gasteiger charge is -2.16. The summed E-state index contributed by atoms with van der Waals surface area (Å²) in [7, 11) is 2.91. The molecule has 0 aromatic heterocycles. The normalized spacial score (nSPS) is 12.8. The summed E-state index contributed by atoms with van der Waals surface area (Å²) in [6.45, 7) is 1.49. The van der Waals surface area contributed by atoms with Crippen molar-refractivity contribution in [2.75, 3.05) is 20.8 Å². The van der Waals surface area contributed by atoms with Crippen LogP contribution in [0, 0.1) is 5.92 Å². The summed E-state index contributed by atoms with van der Waals surface area (Å²) in [6.07, 6.45) is 0. The number of hydrogen-bond acceptors (Lipinski definition) is 3. The van der Waals surface area contributed by atoms with Crippen LogP contribution >= 0.6 is 0 Å². The smallest absolute Gasteiger partial charge is 0.250 e. The molecule has 1 atom stereocenters. The topological polar surface area (TPSA) is 49.8 Å². The van der Waals surface area contributed by atoms with Crippen LogP contribution in [0.2, 0.25) is 0 Å². The molecular weight excluding hydrogens is 134 g/mol. The minimum Gasteiger partial charge on any atom is -0.396 e. The van der Waals surface area contributed by atoms with Gasteiger partial charge in [-0.15, -0.1) is 0 Å². The third-order valence-corrected chi connectivity index (χ3v) is 1.28. The first kappa shape index (κ1) is 9.39. The van der Waals surface area contributed by atoms with E-state index in [1.807, 2.05) is 0 Å². The van der Waals surface area contributed by atoms with Crippen LogP contribution in [0.25, 0.3) is 0 Å². The van der Waals surface area contributed by atoms with Gasteiger partial charge in [-0.05, 0) is 0 Å². The molecule has 0 bridgehead atoms. The average Bonchev–Trinajstić information content (AvgIpc) is 2.00. The summed E-state index contributed by atoms with van der Waals surface area (Å²) in [5.74, 6) is -0.602. The minimum atomic E-state index is -0.384. The van der Waals surface area contributed by atoms with E-state index in [0.29, 0.717) is 0 Å². The van der Waals surface area contributed by atoms with Gasteiger partial charge in [-0.25, -0.2) is 5.06 Å². The van der Waals surface area contributed by atoms with Gasteiger partial charge in [0, 0.05) is 7.05 Å². The Bertz CT molecular complexity index is 104. The number of hydrogen-bond donors (Lipinski definition) is 1. The van der Waals surface area contributed by atoms with E-state index in [1.165, 1.54) is 14.2 Å². The maximum atomic E-state index is 10.9. The fraction of sp³-hybridized carbons (Fsp3) is 0.833. The van der Waals surface area contributed by atoms with Gasteiger partial charge in [0.15, 0.2) is 0 Å². The predicted octanol–water partition coefficient (Wildman–Crippen LogP) is -0.365. The Morgan fingerprint density at radius 1 is 1.80 bits per heavy atom. The second-order valence-electron chi connectivity index (χ2n) is 2.10. The van der Waals surface area contributed by atoms with Crippen molar-refractivity contribution in [3.8, 4) is 0 Å². The number of aliphatic hydroxyl groups excluding tert-OH is 1. The van der Waals surface area contributed by atoms with E-state index >= 15 is 0 Å². The molecule has 0 aromatic carbocycles. The highest BCUT2D eigenvalue weighted by Crippen LogP contribution is 1.98. The third kappa shape index (κ3) is 2.33. The summed E-state index contributed by atoms with van der Waals surface area (Å²) >= 11 is 0. The standard InChI is InChI=1S/C6H13NO3/c1-5(4-8)6(9)7(2)10-3/h5,8H,4H2,1-3H3/t5-/m1/s1. The SMILES string of the molecule is CON(C)C(=O)[C@H](C)CO. The fourth-order valence-corrected chi connectivity index (χ4v) is 0.478. The van der Waals surface area contributed by atoms with Crippen molar-refractivity contribution in [2.45, 2.75) is 6.92 Å². The number of aliphatic hydroxyl groups is 1. The number of amides is 1. The van der Waals surface area contributed by atoms with Gasteiger partial charge in [0.25, 0.3) is 5.91 Å². The first-order valence-electron chi connectivity index (χ1n) is 3.06. The lowest BCUT2D eigenvalue weighted by atomic mass is 10.2. The van der Waals surface area contributed by atoms with Crippen molar-refractivity contribution in [1.82, 2.24) is 5.06 Å². The molecule has 0 saturated carbocycles. The number of rotatable bonds is 3. The zero-order valence-electron chi connectivity index (χ0n) is 6.50. The zero-order chi connectivity index (χ0) is 8.15. The molecule has 0 spiro atoms. The molecule has 0 fully saturated rings. The van der Waals surface area contributed by atoms with Crippen molar-refractivity contribution in [2.24, 2.45) is 5.92 Å². The van der Waals surface area contributed by atoms with Crippen LogP contribution in [0.3, 0.4) is 0 Å². The van der Waals surface area contributed by atoms with Crippen LogP contribution in [0.4, 0.5) is 0 Å². The van der Waals surface area contributed by atoms with Crippen molar-refractivity contribution in [3.05, 3.63) is 0 Å². The van der Waals surface area contributed by atoms with Gasteiger partial charge < -0.3 is 5.11 Å². The van der Waals surface area contributed by atoms with Crippen molar-refractivity contribution in [3.63, 3.8) is 0 Å². The number of hydroxylamine groups is 2. The van der Waals surface area contributed by atoms with E-state index in [2.05, 4.69) is 4.84 Å². The molecule has 4 nitrogen and oxygen atoms in total. The van der Waals surface area contributed by atoms with E-state index in [0.717, 1.165) is 5.06 Å². The summed E-state index contributed by atoms with van der Waals surface area (Å²) in [4.78, 5) is 15.6. The van der Waals surface area contributed by atoms with Crippen LogP contribution in [0.15, 0.2) is 0 Å². The van der Waals surface area contributed by atoms with E-state index in [1.54, 1.807) is 6.92 Å². The quantitative estimate of drug-likeness (QED) is 0.554. The van der Waals surface area contributed by atoms with Gasteiger partial charge in [-0.2, -0.15) is 0 Å². The minimum absolute atomic E-state index is 0.146. The predicted molar refractivity (Wildman–Crippen MR) is 36.0 cm³/mol. The summed E-state index contributed by atoms with van der Waals surface area (Å²) in [6, 6.07) is 0. The number of nitrogens with zero attached hydrogens (tertiary/aromatic N) is 1. The first-order chi connectivity index (χ1) is 4.63. The molecule has 60 valence electrons. The van der Waals surface area contributed by atoms with E-state index in [-0.39, 0.29) is 18.4 Å². The van der Waals surface area contributed by atoms with E-state index < -0.39 is 0 Å². The lowest BCUT2D eigenvalue weighted by Crippen LogP contribution is -2.32. The molecule has 0 unspecified atom stereocenters. The van der Waals surface area contributed by atoms with Crippen molar-refractivity contribution >= 4 is 5.91 Å². The van der Waals surface area contributed by atoms with Crippen molar-refractivity contribution in [1.29, 1.82) is 0 Å². The third-order valence-electron chi connectivity index (χ3n) is 1.28. The van der Waals surface area contributed by atoms with Crippen molar-refractivity contribution < 1.29 is 14.7 Å². The number of carbonyl (C=O) groups excluding carboxylic acids is 1. The second kappa shape index (κ2) is 4.24. The molecule has 0 saturated heterocycles. The van der Waals surface area contributed by atoms with Gasteiger partial charge in [-0.1, -0.05) is 6.92 Å². The molecular formula is C6H13NO3. The van der Waals surface area contributed by atoms with Crippen LogP contribution in [-0.2, 0) is 9.63 Å². The van der Waals surface area contributed by atoms with Gasteiger partial charge in [0.1, 0.15) is 0 Å². The largest absolute Gasteiger partial charge is 0.396 e. The molecule has 0 heterocycles. The average molecular weight is 147 g/mol. The van der Waals surface area contributed by atoms with Gasteiger partial charge in [0.05, 0.1) is 19.6 Å². The van der Waals surface area contributed by atoms with Crippen LogP contribution in [0.1, 0.15) is 6.92 Å². The molecule has 10 heavy (non-hydrogen) atoms. The van der Waals surface area contributed by atoms with E-state index in [4.69, 9.17) is 5.11 Å². The Kier molecular flexibility index (Phi) is 3.99. The Morgan fingerprint density at radius 3 is 2.60 bits per heavy atom. The Hall–Kier alpha value is -0.610. The van der Waals surface area contributed by atoms with Gasteiger partial charge in [-0.3, -0.25) is 9.63 Å². The molecule has 0 aliphatic heterocycles. The number of carbonyl (C=O) groups is 1. The molecule has 0 radical (unpaired) electrons. The zero-order valence-corrected chi connectivity index (χ0v) is 6.50. The Labute approximate surface area is 60.3 Å². The Morgan fingerprint density at radius 2 is 2.30 bits per heavy atom. The van der Waals surface area contributed by atoms with Gasteiger partial charge >= 0.3 is 0 Å². The second-order valence-corrected chi connectivity index (χ2v) is 2.10. The first-order valence-corrected chi connectivity index (χ1v) is 3.06. The highest BCUT2D eigenvalue weighted by Gasteiger charge is 2.15. The van der Waals surface area contributed by atoms with Crippen LogP contribution < -0.4 is 0 Å². The summed E-state index contributed by atoms with van der Waals surface area (Å²) < 4.78 is 0. The molecule has 0 rings (SSSR count). The summed E-state index contributed by atoms with van der Waals surface area (Å²) in [5, 5.41) is 9.64. The Balaban J connectivity index is 3.82. The maximum absolute atomic E-state index is 10.9. The molecule has 4 heteroatoms. The fourth-order valence-electron chi connectivity index (χ4n) is 0.478. The van der Waals surface area contributed by atoms with E-state index in [9.17, 15) is 4.79 Å². The summed E-state index contributed by atoms with van der Waals surface area (Å²) in [5.41, 5.74) is 0. The molecule has 0 aromatic rings.